The molecule has 6 nitrogen and oxygen atoms in total. The molecule has 0 saturated heterocycles. The van der Waals surface area contributed by atoms with Gasteiger partial charge in [0.25, 0.3) is 0 Å². The van der Waals surface area contributed by atoms with Crippen molar-refractivity contribution in [3.8, 4) is 5.75 Å². The number of aryl methyl sites for hydroxylation is 2. The van der Waals surface area contributed by atoms with Crippen molar-refractivity contribution in [2.45, 2.75) is 20.4 Å². The summed E-state index contributed by atoms with van der Waals surface area (Å²) in [5, 5.41) is 4.36. The van der Waals surface area contributed by atoms with Crippen LogP contribution in [0.4, 0.5) is 11.6 Å². The molecule has 0 spiro atoms. The molecule has 0 radical (unpaired) electrons. The predicted octanol–water partition coefficient (Wildman–Crippen LogP) is 4.27. The fraction of sp³-hybridized carbons (Fsp3) is 0.190. The highest BCUT2D eigenvalue weighted by Gasteiger charge is 2.13. The number of nitrogens with zero attached hydrogens (tertiary/aromatic N) is 3. The maximum absolute atomic E-state index is 12.3. The van der Waals surface area contributed by atoms with E-state index in [1.807, 2.05) is 60.9 Å². The minimum absolute atomic E-state index is 0.215. The summed E-state index contributed by atoms with van der Waals surface area (Å²) in [7, 11) is 1.47. The molecular formula is C21H20N4O2S. The lowest BCUT2D eigenvalue weighted by atomic mass is 10.2. The Bertz CT molecular complexity index is 1200. The smallest absolute Gasteiger partial charge is 0.316 e. The van der Waals surface area contributed by atoms with Crippen molar-refractivity contribution in [3.05, 3.63) is 75.1 Å². The third kappa shape index (κ3) is 3.48. The van der Waals surface area contributed by atoms with Gasteiger partial charge >= 0.3 is 5.56 Å². The van der Waals surface area contributed by atoms with Crippen LogP contribution in [-0.2, 0) is 6.54 Å². The number of hydrogen-bond donors (Lipinski definition) is 1. The molecular weight excluding hydrogens is 372 g/mol. The fourth-order valence-corrected chi connectivity index (χ4v) is 4.02. The van der Waals surface area contributed by atoms with E-state index in [1.54, 1.807) is 17.5 Å². The van der Waals surface area contributed by atoms with Crippen molar-refractivity contribution in [1.82, 2.24) is 14.5 Å². The van der Waals surface area contributed by atoms with Gasteiger partial charge in [0.1, 0.15) is 0 Å². The molecule has 0 unspecified atom stereocenters. The average Bonchev–Trinajstić information content (AvgIpc) is 3.08. The van der Waals surface area contributed by atoms with Gasteiger partial charge in [0.05, 0.1) is 35.1 Å². The van der Waals surface area contributed by atoms with Crippen molar-refractivity contribution in [3.63, 3.8) is 0 Å². The molecule has 7 heteroatoms. The van der Waals surface area contributed by atoms with E-state index in [0.717, 1.165) is 32.0 Å². The Labute approximate surface area is 166 Å². The SMILES string of the molecule is COc1cn(Cc2ccccc2)c(Nc2ccc3nc(C)sc3c2C)nc1=O. The van der Waals surface area contributed by atoms with Gasteiger partial charge in [-0.3, -0.25) is 4.79 Å². The number of rotatable bonds is 5. The summed E-state index contributed by atoms with van der Waals surface area (Å²) < 4.78 is 8.20. The van der Waals surface area contributed by atoms with Crippen LogP contribution in [0.15, 0.2) is 53.5 Å². The number of fused-ring (bicyclic) bond motifs is 1. The first-order valence-corrected chi connectivity index (χ1v) is 9.70. The lowest BCUT2D eigenvalue weighted by Gasteiger charge is -2.16. The highest BCUT2D eigenvalue weighted by atomic mass is 32.1. The number of thiazole rings is 1. The number of hydrogen-bond acceptors (Lipinski definition) is 6. The van der Waals surface area contributed by atoms with E-state index in [4.69, 9.17) is 4.74 Å². The topological polar surface area (TPSA) is 69.0 Å². The van der Waals surface area contributed by atoms with E-state index in [-0.39, 0.29) is 5.75 Å². The maximum Gasteiger partial charge on any atom is 0.316 e. The van der Waals surface area contributed by atoms with Gasteiger partial charge in [-0.05, 0) is 37.1 Å². The second-order valence-electron chi connectivity index (χ2n) is 6.50. The number of benzene rings is 2. The van der Waals surface area contributed by atoms with Crippen molar-refractivity contribution in [1.29, 1.82) is 0 Å². The molecule has 0 aliphatic heterocycles. The molecule has 0 aliphatic rings. The summed E-state index contributed by atoms with van der Waals surface area (Å²) in [4.78, 5) is 21.0. The molecule has 0 aliphatic carbocycles. The molecule has 0 atom stereocenters. The first-order chi connectivity index (χ1) is 13.5. The lowest BCUT2D eigenvalue weighted by molar-refractivity contribution is 0.402. The normalized spacial score (nSPS) is 11.0. The third-order valence-electron chi connectivity index (χ3n) is 4.54. The van der Waals surface area contributed by atoms with Gasteiger partial charge in [-0.1, -0.05) is 30.3 Å². The summed E-state index contributed by atoms with van der Waals surface area (Å²) in [6.07, 6.45) is 1.69. The summed E-state index contributed by atoms with van der Waals surface area (Å²) in [5.74, 6) is 0.685. The molecule has 0 saturated carbocycles. The molecule has 4 rings (SSSR count). The van der Waals surface area contributed by atoms with E-state index < -0.39 is 5.56 Å². The van der Waals surface area contributed by atoms with E-state index in [1.165, 1.54) is 7.11 Å². The average molecular weight is 392 g/mol. The molecule has 2 aromatic carbocycles. The summed E-state index contributed by atoms with van der Waals surface area (Å²) >= 11 is 1.66. The molecule has 142 valence electrons. The third-order valence-corrected chi connectivity index (χ3v) is 5.64. The van der Waals surface area contributed by atoms with Gasteiger partial charge in [-0.2, -0.15) is 4.98 Å². The van der Waals surface area contributed by atoms with Gasteiger partial charge in [-0.25, -0.2) is 4.98 Å². The van der Waals surface area contributed by atoms with Gasteiger partial charge < -0.3 is 14.6 Å². The highest BCUT2D eigenvalue weighted by molar-refractivity contribution is 7.18. The van der Waals surface area contributed by atoms with E-state index in [2.05, 4.69) is 15.3 Å². The molecule has 0 fully saturated rings. The predicted molar refractivity (Wildman–Crippen MR) is 113 cm³/mol. The van der Waals surface area contributed by atoms with Crippen LogP contribution in [0.1, 0.15) is 16.1 Å². The Morgan fingerprint density at radius 2 is 1.89 bits per heavy atom. The molecule has 2 heterocycles. The van der Waals surface area contributed by atoms with Gasteiger partial charge in [0, 0.05) is 5.69 Å². The van der Waals surface area contributed by atoms with Crippen LogP contribution in [0, 0.1) is 13.8 Å². The quantitative estimate of drug-likeness (QED) is 0.549. The minimum atomic E-state index is -0.401. The van der Waals surface area contributed by atoms with Gasteiger partial charge in [0.15, 0.2) is 0 Å². The Kier molecular flexibility index (Phi) is 4.83. The summed E-state index contributed by atoms with van der Waals surface area (Å²) in [6.45, 7) is 4.61. The first-order valence-electron chi connectivity index (χ1n) is 8.88. The summed E-state index contributed by atoms with van der Waals surface area (Å²) in [6, 6.07) is 14.0. The first kappa shape index (κ1) is 18.2. The lowest BCUT2D eigenvalue weighted by Crippen LogP contribution is -2.19. The van der Waals surface area contributed by atoms with Crippen LogP contribution in [0.2, 0.25) is 0 Å². The van der Waals surface area contributed by atoms with Crippen molar-refractivity contribution >= 4 is 33.2 Å². The zero-order valence-corrected chi connectivity index (χ0v) is 16.7. The molecule has 28 heavy (non-hydrogen) atoms. The van der Waals surface area contributed by atoms with E-state index in [9.17, 15) is 4.79 Å². The number of nitrogens with one attached hydrogen (secondary N) is 1. The highest BCUT2D eigenvalue weighted by Crippen LogP contribution is 2.31. The van der Waals surface area contributed by atoms with Crippen LogP contribution in [0.5, 0.6) is 5.75 Å². The molecule has 0 amide bonds. The van der Waals surface area contributed by atoms with Crippen molar-refractivity contribution in [2.75, 3.05) is 12.4 Å². The molecule has 4 aromatic rings. The number of ether oxygens (including phenoxy) is 1. The number of methoxy groups -OCH3 is 1. The molecule has 2 aromatic heterocycles. The van der Waals surface area contributed by atoms with Gasteiger partial charge in [-0.15, -0.1) is 11.3 Å². The fourth-order valence-electron chi connectivity index (χ4n) is 3.10. The second-order valence-corrected chi connectivity index (χ2v) is 7.70. The van der Waals surface area contributed by atoms with E-state index in [0.29, 0.717) is 12.5 Å². The Morgan fingerprint density at radius 3 is 2.64 bits per heavy atom. The second kappa shape index (κ2) is 7.44. The van der Waals surface area contributed by atoms with E-state index >= 15 is 0 Å². The van der Waals surface area contributed by atoms with Crippen LogP contribution in [-0.4, -0.2) is 21.6 Å². The maximum atomic E-state index is 12.3. The zero-order valence-electron chi connectivity index (χ0n) is 15.9. The standard InChI is InChI=1S/C21H20N4O2S/c1-13-16(9-10-17-19(13)28-14(2)22-17)23-21-24-20(26)18(27-3)12-25(21)11-15-7-5-4-6-8-15/h4-10,12H,11H2,1-3H3,(H,23,24,26). The Morgan fingerprint density at radius 1 is 1.11 bits per heavy atom. The minimum Gasteiger partial charge on any atom is -0.490 e. The Balaban J connectivity index is 1.77. The van der Waals surface area contributed by atoms with Gasteiger partial charge in [0.2, 0.25) is 11.7 Å². The van der Waals surface area contributed by atoms with Crippen molar-refractivity contribution < 1.29 is 4.74 Å². The van der Waals surface area contributed by atoms with Crippen LogP contribution in [0.3, 0.4) is 0 Å². The molecule has 1 N–H and O–H groups in total. The van der Waals surface area contributed by atoms with Crippen LogP contribution >= 0.6 is 11.3 Å². The Hall–Kier alpha value is -3.19. The summed E-state index contributed by atoms with van der Waals surface area (Å²) in [5.41, 5.74) is 3.66. The zero-order chi connectivity index (χ0) is 19.7. The number of aromatic nitrogens is 3. The number of anilines is 2. The van der Waals surface area contributed by atoms with Crippen LogP contribution in [0.25, 0.3) is 10.2 Å². The van der Waals surface area contributed by atoms with Crippen LogP contribution < -0.4 is 15.6 Å². The monoisotopic (exact) mass is 392 g/mol. The van der Waals surface area contributed by atoms with Crippen molar-refractivity contribution in [2.24, 2.45) is 0 Å². The molecule has 0 bridgehead atoms. The largest absolute Gasteiger partial charge is 0.490 e.